The van der Waals surface area contributed by atoms with Gasteiger partial charge in [0.2, 0.25) is 0 Å². The number of nitrogens with one attached hydrogen (secondary N) is 2. The van der Waals surface area contributed by atoms with Gasteiger partial charge in [0.15, 0.2) is 0 Å². The van der Waals surface area contributed by atoms with E-state index in [1.807, 2.05) is 0 Å². The van der Waals surface area contributed by atoms with Crippen molar-refractivity contribution in [3.63, 3.8) is 0 Å². The molecule has 2 rings (SSSR count). The summed E-state index contributed by atoms with van der Waals surface area (Å²) in [6, 6.07) is -1.27. The largest absolute Gasteiger partial charge is 0.480 e. The molecule has 1 saturated carbocycles. The van der Waals surface area contributed by atoms with E-state index in [1.165, 1.54) is 0 Å². The Bertz CT molecular complexity index is 355. The second-order valence-electron chi connectivity index (χ2n) is 5.75. The van der Waals surface area contributed by atoms with E-state index in [2.05, 4.69) is 10.6 Å². The van der Waals surface area contributed by atoms with E-state index in [9.17, 15) is 9.59 Å². The van der Waals surface area contributed by atoms with Crippen LogP contribution in [0.4, 0.5) is 4.79 Å². The molecule has 19 heavy (non-hydrogen) atoms. The lowest BCUT2D eigenvalue weighted by molar-refractivity contribution is -0.140. The molecule has 1 heterocycles. The number of amides is 2. The second-order valence-corrected chi connectivity index (χ2v) is 5.75. The van der Waals surface area contributed by atoms with Crippen LogP contribution < -0.4 is 10.6 Å². The SMILES string of the molecule is CC(C)[C@@H](NC(=O)NC1CCOC1C1CC1)C(=O)O. The second kappa shape index (κ2) is 5.77. The van der Waals surface area contributed by atoms with Crippen molar-refractivity contribution in [1.82, 2.24) is 10.6 Å². The van der Waals surface area contributed by atoms with Crippen LogP contribution >= 0.6 is 0 Å². The minimum absolute atomic E-state index is 0.00843. The summed E-state index contributed by atoms with van der Waals surface area (Å²) in [6.07, 6.45) is 3.23. The smallest absolute Gasteiger partial charge is 0.326 e. The van der Waals surface area contributed by atoms with Gasteiger partial charge in [-0.15, -0.1) is 0 Å². The van der Waals surface area contributed by atoms with Crippen molar-refractivity contribution in [3.05, 3.63) is 0 Å². The molecule has 2 unspecified atom stereocenters. The number of hydrogen-bond acceptors (Lipinski definition) is 3. The number of hydrogen-bond donors (Lipinski definition) is 3. The number of carbonyl (C=O) groups excluding carboxylic acids is 1. The summed E-state index contributed by atoms with van der Waals surface area (Å²) in [4.78, 5) is 22.9. The molecule has 1 aliphatic carbocycles. The van der Waals surface area contributed by atoms with Crippen LogP contribution in [0.2, 0.25) is 0 Å². The van der Waals surface area contributed by atoms with E-state index >= 15 is 0 Å². The summed E-state index contributed by atoms with van der Waals surface area (Å²) in [5.41, 5.74) is 0. The molecular formula is C13H22N2O4. The Balaban J connectivity index is 1.84. The molecule has 108 valence electrons. The van der Waals surface area contributed by atoms with Crippen LogP contribution in [-0.2, 0) is 9.53 Å². The number of carbonyl (C=O) groups is 2. The van der Waals surface area contributed by atoms with E-state index < -0.39 is 18.0 Å². The van der Waals surface area contributed by atoms with Gasteiger partial charge in [-0.2, -0.15) is 0 Å². The number of rotatable bonds is 5. The van der Waals surface area contributed by atoms with Crippen LogP contribution in [0, 0.1) is 11.8 Å². The standard InChI is InChI=1S/C13H22N2O4/c1-7(2)10(12(16)17)15-13(18)14-9-5-6-19-11(9)8-3-4-8/h7-11H,3-6H2,1-2H3,(H,16,17)(H2,14,15,18)/t9?,10-,11?/m1/s1. The molecule has 6 nitrogen and oxygen atoms in total. The van der Waals surface area contributed by atoms with Gasteiger partial charge < -0.3 is 20.5 Å². The number of ether oxygens (including phenoxy) is 1. The Morgan fingerprint density at radius 1 is 1.26 bits per heavy atom. The van der Waals surface area contributed by atoms with Crippen molar-refractivity contribution >= 4 is 12.0 Å². The van der Waals surface area contributed by atoms with Crippen molar-refractivity contribution in [2.45, 2.75) is 51.3 Å². The van der Waals surface area contributed by atoms with Crippen LogP contribution in [0.25, 0.3) is 0 Å². The third-order valence-corrected chi connectivity index (χ3v) is 3.76. The average Bonchev–Trinajstić information content (AvgIpc) is 3.07. The fourth-order valence-corrected chi connectivity index (χ4v) is 2.52. The number of aliphatic carboxylic acids is 1. The third kappa shape index (κ3) is 3.59. The molecule has 1 aliphatic heterocycles. The zero-order valence-electron chi connectivity index (χ0n) is 11.4. The lowest BCUT2D eigenvalue weighted by Gasteiger charge is -2.23. The highest BCUT2D eigenvalue weighted by atomic mass is 16.5. The van der Waals surface area contributed by atoms with E-state index in [1.54, 1.807) is 13.8 Å². The Morgan fingerprint density at radius 3 is 2.47 bits per heavy atom. The monoisotopic (exact) mass is 270 g/mol. The topological polar surface area (TPSA) is 87.7 Å². The van der Waals surface area contributed by atoms with Gasteiger partial charge in [0.25, 0.3) is 0 Å². The molecule has 0 bridgehead atoms. The maximum atomic E-state index is 11.9. The Labute approximate surface area is 112 Å². The lowest BCUT2D eigenvalue weighted by atomic mass is 10.0. The molecule has 2 amide bonds. The van der Waals surface area contributed by atoms with Crippen LogP contribution in [0.3, 0.4) is 0 Å². The van der Waals surface area contributed by atoms with Gasteiger partial charge in [0.1, 0.15) is 6.04 Å². The van der Waals surface area contributed by atoms with Crippen LogP contribution in [0.15, 0.2) is 0 Å². The molecule has 2 aliphatic rings. The Morgan fingerprint density at radius 2 is 1.95 bits per heavy atom. The van der Waals surface area contributed by atoms with E-state index in [0.29, 0.717) is 12.5 Å². The Kier molecular flexibility index (Phi) is 4.29. The number of carboxylic acids is 1. The van der Waals surface area contributed by atoms with Gasteiger partial charge in [-0.3, -0.25) is 0 Å². The molecule has 0 spiro atoms. The lowest BCUT2D eigenvalue weighted by Crippen LogP contribution is -2.52. The maximum absolute atomic E-state index is 11.9. The summed E-state index contributed by atoms with van der Waals surface area (Å²) in [7, 11) is 0. The van der Waals surface area contributed by atoms with Crippen molar-refractivity contribution in [2.24, 2.45) is 11.8 Å². The first kappa shape index (κ1) is 14.1. The number of urea groups is 1. The summed E-state index contributed by atoms with van der Waals surface area (Å²) >= 11 is 0. The predicted molar refractivity (Wildman–Crippen MR) is 68.8 cm³/mol. The van der Waals surface area contributed by atoms with Crippen molar-refractivity contribution in [2.75, 3.05) is 6.61 Å². The van der Waals surface area contributed by atoms with Crippen LogP contribution in [-0.4, -0.2) is 41.9 Å². The molecule has 6 heteroatoms. The summed E-state index contributed by atoms with van der Waals surface area (Å²) < 4.78 is 5.63. The minimum atomic E-state index is -1.01. The van der Waals surface area contributed by atoms with E-state index in [4.69, 9.17) is 9.84 Å². The van der Waals surface area contributed by atoms with E-state index in [0.717, 1.165) is 19.3 Å². The van der Waals surface area contributed by atoms with Gasteiger partial charge in [0, 0.05) is 6.61 Å². The molecule has 2 fully saturated rings. The van der Waals surface area contributed by atoms with Crippen molar-refractivity contribution < 1.29 is 19.4 Å². The first-order chi connectivity index (χ1) is 8.99. The minimum Gasteiger partial charge on any atom is -0.480 e. The van der Waals surface area contributed by atoms with Gasteiger partial charge >= 0.3 is 12.0 Å². The molecular weight excluding hydrogens is 248 g/mol. The fourth-order valence-electron chi connectivity index (χ4n) is 2.52. The normalized spacial score (nSPS) is 28.2. The first-order valence-electron chi connectivity index (χ1n) is 6.90. The zero-order chi connectivity index (χ0) is 14.0. The molecule has 0 aromatic rings. The van der Waals surface area contributed by atoms with E-state index in [-0.39, 0.29) is 18.1 Å². The van der Waals surface area contributed by atoms with Crippen LogP contribution in [0.1, 0.15) is 33.1 Å². The highest BCUT2D eigenvalue weighted by Crippen LogP contribution is 2.38. The number of carboxylic acid groups (broad SMARTS) is 1. The maximum Gasteiger partial charge on any atom is 0.326 e. The molecule has 0 aromatic heterocycles. The van der Waals surface area contributed by atoms with Gasteiger partial charge in [-0.1, -0.05) is 13.8 Å². The predicted octanol–water partition coefficient (Wildman–Crippen LogP) is 0.962. The zero-order valence-corrected chi connectivity index (χ0v) is 11.4. The molecule has 1 saturated heterocycles. The van der Waals surface area contributed by atoms with Crippen LogP contribution in [0.5, 0.6) is 0 Å². The highest BCUT2D eigenvalue weighted by Gasteiger charge is 2.41. The van der Waals surface area contributed by atoms with Crippen molar-refractivity contribution in [3.8, 4) is 0 Å². The molecule has 3 N–H and O–H groups in total. The van der Waals surface area contributed by atoms with Gasteiger partial charge in [-0.05, 0) is 31.1 Å². The molecule has 0 radical (unpaired) electrons. The Hall–Kier alpha value is -1.30. The first-order valence-corrected chi connectivity index (χ1v) is 6.90. The summed E-state index contributed by atoms with van der Waals surface area (Å²) in [5.74, 6) is -0.595. The van der Waals surface area contributed by atoms with Gasteiger partial charge in [0.05, 0.1) is 12.1 Å². The highest BCUT2D eigenvalue weighted by molar-refractivity contribution is 5.82. The summed E-state index contributed by atoms with van der Waals surface area (Å²) in [5, 5.41) is 14.4. The average molecular weight is 270 g/mol. The fraction of sp³-hybridized carbons (Fsp3) is 0.846. The summed E-state index contributed by atoms with van der Waals surface area (Å²) in [6.45, 7) is 4.20. The molecule has 0 aromatic carbocycles. The quantitative estimate of drug-likeness (QED) is 0.694. The molecule has 3 atom stereocenters. The van der Waals surface area contributed by atoms with Gasteiger partial charge in [-0.25, -0.2) is 9.59 Å². The van der Waals surface area contributed by atoms with Crippen molar-refractivity contribution in [1.29, 1.82) is 0 Å². The third-order valence-electron chi connectivity index (χ3n) is 3.76.